The normalized spacial score (nSPS) is 20.0. The van der Waals surface area contributed by atoms with Crippen molar-refractivity contribution >= 4 is 11.8 Å². The Morgan fingerprint density at radius 3 is 2.74 bits per heavy atom. The Kier molecular flexibility index (Phi) is 6.76. The number of aliphatic hydroxyl groups is 1. The van der Waals surface area contributed by atoms with Crippen LogP contribution in [0.4, 0.5) is 0 Å². The van der Waals surface area contributed by atoms with Crippen molar-refractivity contribution in [2.24, 2.45) is 5.41 Å². The molecular formula is C22H31N5O4. The van der Waals surface area contributed by atoms with Gasteiger partial charge in [-0.25, -0.2) is 4.68 Å². The lowest BCUT2D eigenvalue weighted by Gasteiger charge is -2.34. The van der Waals surface area contributed by atoms with Crippen LogP contribution in [0.1, 0.15) is 38.8 Å². The zero-order chi connectivity index (χ0) is 22.8. The molecule has 1 saturated heterocycles. The highest BCUT2D eigenvalue weighted by Crippen LogP contribution is 2.35. The van der Waals surface area contributed by atoms with Crippen LogP contribution in [-0.4, -0.2) is 69.7 Å². The van der Waals surface area contributed by atoms with Gasteiger partial charge in [-0.15, -0.1) is 5.10 Å². The summed E-state index contributed by atoms with van der Waals surface area (Å²) in [4.78, 5) is 27.3. The van der Waals surface area contributed by atoms with E-state index in [1.165, 1.54) is 11.9 Å². The number of amides is 2. The van der Waals surface area contributed by atoms with E-state index >= 15 is 0 Å². The third-order valence-electron chi connectivity index (χ3n) is 5.47. The number of methoxy groups -OCH3 is 1. The monoisotopic (exact) mass is 429 g/mol. The van der Waals surface area contributed by atoms with E-state index in [1.807, 2.05) is 45.0 Å². The van der Waals surface area contributed by atoms with E-state index in [-0.39, 0.29) is 24.8 Å². The van der Waals surface area contributed by atoms with Crippen molar-refractivity contribution in [3.05, 3.63) is 36.0 Å². The van der Waals surface area contributed by atoms with Crippen molar-refractivity contribution < 1.29 is 19.4 Å². The number of hydrogen-bond acceptors (Lipinski definition) is 6. The van der Waals surface area contributed by atoms with Crippen molar-refractivity contribution in [1.82, 2.24) is 25.2 Å². The molecule has 2 aromatic rings. The van der Waals surface area contributed by atoms with E-state index in [1.54, 1.807) is 18.0 Å². The quantitative estimate of drug-likeness (QED) is 0.718. The van der Waals surface area contributed by atoms with Gasteiger partial charge < -0.3 is 20.1 Å². The molecule has 2 N–H and O–H groups in total. The molecule has 2 amide bonds. The maximum absolute atomic E-state index is 13.6. The highest BCUT2D eigenvalue weighted by Gasteiger charge is 2.45. The zero-order valence-corrected chi connectivity index (χ0v) is 18.7. The van der Waals surface area contributed by atoms with Gasteiger partial charge in [-0.2, -0.15) is 0 Å². The van der Waals surface area contributed by atoms with Crippen molar-refractivity contribution in [3.63, 3.8) is 0 Å². The van der Waals surface area contributed by atoms with Gasteiger partial charge in [0.2, 0.25) is 11.8 Å². The number of aromatic nitrogens is 3. The summed E-state index contributed by atoms with van der Waals surface area (Å²) in [6.45, 7) is 6.43. The first-order valence-corrected chi connectivity index (χ1v) is 10.4. The summed E-state index contributed by atoms with van der Waals surface area (Å²) >= 11 is 0. The number of hydrogen-bond donors (Lipinski definition) is 2. The number of nitrogens with zero attached hydrogens (tertiary/aromatic N) is 4. The second-order valence-electron chi connectivity index (χ2n) is 9.00. The number of aliphatic hydroxyl groups excluding tert-OH is 1. The van der Waals surface area contributed by atoms with E-state index in [4.69, 9.17) is 4.74 Å². The maximum atomic E-state index is 13.6. The van der Waals surface area contributed by atoms with E-state index < -0.39 is 23.6 Å². The largest absolute Gasteiger partial charge is 0.391 e. The minimum Gasteiger partial charge on any atom is -0.391 e. The number of likely N-dealkylation sites (N-methyl/N-ethyl adjacent to an activating group) is 1. The highest BCUT2D eigenvalue weighted by molar-refractivity contribution is 5.90. The van der Waals surface area contributed by atoms with Crippen LogP contribution in [0.3, 0.4) is 0 Å². The van der Waals surface area contributed by atoms with Gasteiger partial charge in [0.05, 0.1) is 18.9 Å². The van der Waals surface area contributed by atoms with Gasteiger partial charge in [-0.1, -0.05) is 44.2 Å². The fraction of sp³-hybridized carbons (Fsp3) is 0.545. The smallest absolute Gasteiger partial charge is 0.248 e. The summed E-state index contributed by atoms with van der Waals surface area (Å²) in [5.74, 6) is -0.547. The molecule has 1 fully saturated rings. The van der Waals surface area contributed by atoms with E-state index in [0.29, 0.717) is 12.3 Å². The number of nitrogens with one attached hydrogen (secondary N) is 1. The van der Waals surface area contributed by atoms with Crippen LogP contribution in [0.25, 0.3) is 11.3 Å². The molecule has 1 aromatic heterocycles. The predicted molar refractivity (Wildman–Crippen MR) is 115 cm³/mol. The maximum Gasteiger partial charge on any atom is 0.248 e. The average Bonchev–Trinajstić information content (AvgIpc) is 3.34. The molecule has 2 heterocycles. The van der Waals surface area contributed by atoms with Crippen LogP contribution < -0.4 is 5.32 Å². The Labute approximate surface area is 182 Å². The first-order valence-electron chi connectivity index (χ1n) is 10.4. The Morgan fingerprint density at radius 1 is 1.35 bits per heavy atom. The SMILES string of the molecule is CNC(=O)C1CC(O)CN1C(=O)[C@@H](n1cc(-c2cccc(COC)c2)nn1)C(C)(C)C. The number of benzene rings is 1. The van der Waals surface area contributed by atoms with Crippen LogP contribution in [0.15, 0.2) is 30.5 Å². The Hall–Kier alpha value is -2.78. The fourth-order valence-electron chi connectivity index (χ4n) is 4.03. The molecule has 0 aliphatic carbocycles. The molecule has 0 radical (unpaired) electrons. The Morgan fingerprint density at radius 2 is 2.10 bits per heavy atom. The van der Waals surface area contributed by atoms with Gasteiger partial charge in [-0.05, 0) is 17.0 Å². The van der Waals surface area contributed by atoms with Crippen LogP contribution in [0, 0.1) is 5.41 Å². The number of likely N-dealkylation sites (tertiary alicyclic amines) is 1. The number of rotatable bonds is 6. The lowest BCUT2D eigenvalue weighted by molar-refractivity contribution is -0.144. The van der Waals surface area contributed by atoms with Gasteiger partial charge in [0.15, 0.2) is 0 Å². The van der Waals surface area contributed by atoms with Gasteiger partial charge >= 0.3 is 0 Å². The molecule has 1 aliphatic heterocycles. The molecule has 31 heavy (non-hydrogen) atoms. The van der Waals surface area contributed by atoms with E-state index in [9.17, 15) is 14.7 Å². The van der Waals surface area contributed by atoms with Crippen molar-refractivity contribution in [2.75, 3.05) is 20.7 Å². The molecule has 168 valence electrons. The fourth-order valence-corrected chi connectivity index (χ4v) is 4.03. The first-order chi connectivity index (χ1) is 14.7. The van der Waals surface area contributed by atoms with Crippen LogP contribution >= 0.6 is 0 Å². The molecule has 0 bridgehead atoms. The molecule has 1 aliphatic rings. The second kappa shape index (κ2) is 9.15. The summed E-state index contributed by atoms with van der Waals surface area (Å²) < 4.78 is 6.76. The summed E-state index contributed by atoms with van der Waals surface area (Å²) in [5, 5.41) is 21.3. The average molecular weight is 430 g/mol. The van der Waals surface area contributed by atoms with Gasteiger partial charge in [0, 0.05) is 32.7 Å². The van der Waals surface area contributed by atoms with Crippen molar-refractivity contribution in [1.29, 1.82) is 0 Å². The Bertz CT molecular complexity index is 936. The summed E-state index contributed by atoms with van der Waals surface area (Å²) in [6.07, 6.45) is 1.24. The van der Waals surface area contributed by atoms with E-state index in [2.05, 4.69) is 15.6 Å². The number of carbonyl (C=O) groups excluding carboxylic acids is 2. The molecule has 9 heteroatoms. The summed E-state index contributed by atoms with van der Waals surface area (Å²) in [5.41, 5.74) is 2.03. The van der Waals surface area contributed by atoms with Gasteiger partial charge in [0.25, 0.3) is 0 Å². The van der Waals surface area contributed by atoms with Gasteiger partial charge in [-0.3, -0.25) is 9.59 Å². The molecule has 1 aromatic carbocycles. The minimum atomic E-state index is -0.735. The van der Waals surface area contributed by atoms with Gasteiger partial charge in [0.1, 0.15) is 17.8 Å². The zero-order valence-electron chi connectivity index (χ0n) is 18.7. The number of β-amino-alcohol motifs (C(OH)–C–C–N with tert-alkyl or cyclic N) is 1. The van der Waals surface area contributed by atoms with E-state index in [0.717, 1.165) is 11.1 Å². The first kappa shape index (κ1) is 22.9. The second-order valence-corrected chi connectivity index (χ2v) is 9.00. The molecular weight excluding hydrogens is 398 g/mol. The molecule has 3 rings (SSSR count). The molecule has 0 spiro atoms. The van der Waals surface area contributed by atoms with Crippen LogP contribution in [-0.2, 0) is 20.9 Å². The van der Waals surface area contributed by atoms with Crippen molar-refractivity contribution in [3.8, 4) is 11.3 Å². The molecule has 9 nitrogen and oxygen atoms in total. The van der Waals surface area contributed by atoms with Crippen LogP contribution in [0.5, 0.6) is 0 Å². The Balaban J connectivity index is 1.93. The summed E-state index contributed by atoms with van der Waals surface area (Å²) in [6, 6.07) is 6.41. The molecule has 0 saturated carbocycles. The minimum absolute atomic E-state index is 0.115. The predicted octanol–water partition coefficient (Wildman–Crippen LogP) is 1.39. The summed E-state index contributed by atoms with van der Waals surface area (Å²) in [7, 11) is 3.17. The third kappa shape index (κ3) is 4.94. The lowest BCUT2D eigenvalue weighted by atomic mass is 9.85. The number of ether oxygens (including phenoxy) is 1. The lowest BCUT2D eigenvalue weighted by Crippen LogP contribution is -2.49. The molecule has 2 unspecified atom stereocenters. The third-order valence-corrected chi connectivity index (χ3v) is 5.47. The standard InChI is InChI=1S/C22H31N5O4/c1-22(2,3)19(21(30)26-11-16(28)10-18(26)20(29)23-4)27-12-17(24-25-27)15-8-6-7-14(9-15)13-31-5/h6-9,12,16,18-19,28H,10-11,13H2,1-5H3,(H,23,29)/t16?,18?,19-/m1/s1. The molecule has 3 atom stereocenters. The van der Waals surface area contributed by atoms with Crippen LogP contribution in [0.2, 0.25) is 0 Å². The van der Waals surface area contributed by atoms with Crippen molar-refractivity contribution in [2.45, 2.75) is 52.0 Å². The highest BCUT2D eigenvalue weighted by atomic mass is 16.5. The number of carbonyl (C=O) groups is 2. The topological polar surface area (TPSA) is 110 Å².